The van der Waals surface area contributed by atoms with Gasteiger partial charge in [0.05, 0.1) is 27.9 Å². The first-order chi connectivity index (χ1) is 16.2. The lowest BCUT2D eigenvalue weighted by Gasteiger charge is -2.36. The van der Waals surface area contributed by atoms with Gasteiger partial charge >= 0.3 is 6.18 Å². The topological polar surface area (TPSA) is 41.3 Å². The molecule has 1 aliphatic heterocycles. The van der Waals surface area contributed by atoms with Crippen molar-refractivity contribution in [1.82, 2.24) is 14.7 Å². The van der Waals surface area contributed by atoms with E-state index >= 15 is 0 Å². The second-order valence-corrected chi connectivity index (χ2v) is 9.31. The van der Waals surface area contributed by atoms with E-state index in [1.54, 1.807) is 4.68 Å². The zero-order valence-corrected chi connectivity index (χ0v) is 20.5. The number of alkyl halides is 3. The van der Waals surface area contributed by atoms with Crippen molar-refractivity contribution in [2.24, 2.45) is 0 Å². The van der Waals surface area contributed by atoms with Gasteiger partial charge in [-0.05, 0) is 42.5 Å². The lowest BCUT2D eigenvalue weighted by molar-refractivity contribution is -0.137. The molecule has 3 aromatic rings. The predicted molar refractivity (Wildman–Crippen MR) is 128 cm³/mol. The zero-order chi connectivity index (χ0) is 24.6. The first-order valence-electron chi connectivity index (χ1n) is 11.3. The number of nitrogens with zero attached hydrogens (tertiary/aromatic N) is 3. The normalized spacial score (nSPS) is 16.6. The molecule has 2 aromatic carbocycles. The largest absolute Gasteiger partial charge is 0.416 e. The van der Waals surface area contributed by atoms with Gasteiger partial charge in [0.2, 0.25) is 0 Å². The van der Waals surface area contributed by atoms with Crippen LogP contribution in [-0.2, 0) is 38.5 Å². The van der Waals surface area contributed by atoms with Crippen molar-refractivity contribution in [1.29, 1.82) is 0 Å². The SMILES string of the molecule is CCc1nn(-c2c(Cl)cc(C(F)(F)F)cc2Cl)c(CC)c1CN1Cc2ccccc2CC1CO. The van der Waals surface area contributed by atoms with Crippen molar-refractivity contribution in [3.8, 4) is 5.69 Å². The molecule has 9 heteroatoms. The quantitative estimate of drug-likeness (QED) is 0.425. The molecule has 2 heterocycles. The number of halogens is 5. The van der Waals surface area contributed by atoms with E-state index in [2.05, 4.69) is 17.0 Å². The number of fused-ring (bicyclic) bond motifs is 1. The molecule has 1 aliphatic rings. The molecule has 4 rings (SSSR count). The summed E-state index contributed by atoms with van der Waals surface area (Å²) in [4.78, 5) is 2.23. The van der Waals surface area contributed by atoms with Crippen LogP contribution >= 0.6 is 23.2 Å². The number of hydrogen-bond acceptors (Lipinski definition) is 3. The summed E-state index contributed by atoms with van der Waals surface area (Å²) in [5.74, 6) is 0. The number of aromatic nitrogens is 2. The lowest BCUT2D eigenvalue weighted by Crippen LogP contribution is -2.42. The smallest absolute Gasteiger partial charge is 0.395 e. The molecule has 0 radical (unpaired) electrons. The Hall–Kier alpha value is -2.06. The molecule has 0 saturated heterocycles. The average molecular weight is 512 g/mol. The first-order valence-corrected chi connectivity index (χ1v) is 12.0. The Bertz CT molecular complexity index is 1170. The van der Waals surface area contributed by atoms with Crippen molar-refractivity contribution in [3.63, 3.8) is 0 Å². The van der Waals surface area contributed by atoms with Crippen molar-refractivity contribution in [2.75, 3.05) is 6.61 Å². The minimum absolute atomic E-state index is 0.0297. The summed E-state index contributed by atoms with van der Waals surface area (Å²) in [6.45, 7) is 5.24. The fourth-order valence-corrected chi connectivity index (χ4v) is 5.34. The molecule has 1 unspecified atom stereocenters. The molecule has 1 atom stereocenters. The van der Waals surface area contributed by atoms with E-state index in [9.17, 15) is 18.3 Å². The van der Waals surface area contributed by atoms with Gasteiger partial charge in [-0.1, -0.05) is 61.3 Å². The van der Waals surface area contributed by atoms with Gasteiger partial charge in [0.15, 0.2) is 0 Å². The van der Waals surface area contributed by atoms with Crippen LogP contribution in [0, 0.1) is 0 Å². The molecule has 4 nitrogen and oxygen atoms in total. The van der Waals surface area contributed by atoms with Crippen LogP contribution in [0.5, 0.6) is 0 Å². The van der Waals surface area contributed by atoms with Crippen molar-refractivity contribution >= 4 is 23.2 Å². The summed E-state index contributed by atoms with van der Waals surface area (Å²) in [7, 11) is 0. The number of aliphatic hydroxyl groups is 1. The molecule has 0 amide bonds. The monoisotopic (exact) mass is 511 g/mol. The number of rotatable bonds is 6. The number of aliphatic hydroxyl groups excluding tert-OH is 1. The van der Waals surface area contributed by atoms with E-state index in [0.717, 1.165) is 35.5 Å². The summed E-state index contributed by atoms with van der Waals surface area (Å²) in [5.41, 5.74) is 4.49. The standard InChI is InChI=1S/C25H26Cl2F3N3O/c1-3-22-19(13-32-12-16-8-6-5-7-15(16)9-18(32)14-34)23(4-2)33(31-22)24-20(26)10-17(11-21(24)27)25(28,29)30/h5-8,10-11,18,34H,3-4,9,12-14H2,1-2H3. The average Bonchev–Trinajstić information content (AvgIpc) is 3.14. The van der Waals surface area contributed by atoms with E-state index in [0.29, 0.717) is 25.9 Å². The van der Waals surface area contributed by atoms with E-state index in [-0.39, 0.29) is 28.4 Å². The molecule has 0 aliphatic carbocycles. The predicted octanol–water partition coefficient (Wildman–Crippen LogP) is 6.24. The highest BCUT2D eigenvalue weighted by molar-refractivity contribution is 6.37. The highest BCUT2D eigenvalue weighted by atomic mass is 35.5. The Morgan fingerprint density at radius 3 is 2.26 bits per heavy atom. The summed E-state index contributed by atoms with van der Waals surface area (Å²) in [5, 5.41) is 14.6. The second-order valence-electron chi connectivity index (χ2n) is 8.49. The van der Waals surface area contributed by atoms with Crippen LogP contribution in [0.1, 0.15) is 47.5 Å². The van der Waals surface area contributed by atoms with Gasteiger partial charge in [-0.2, -0.15) is 18.3 Å². The van der Waals surface area contributed by atoms with Crippen LogP contribution in [0.25, 0.3) is 5.69 Å². The maximum atomic E-state index is 13.2. The minimum Gasteiger partial charge on any atom is -0.395 e. The van der Waals surface area contributed by atoms with Gasteiger partial charge in [0.1, 0.15) is 5.69 Å². The lowest BCUT2D eigenvalue weighted by atomic mass is 9.93. The molecular weight excluding hydrogens is 486 g/mol. The maximum absolute atomic E-state index is 13.2. The first kappa shape index (κ1) is 25.0. The maximum Gasteiger partial charge on any atom is 0.416 e. The molecule has 34 heavy (non-hydrogen) atoms. The number of hydrogen-bond donors (Lipinski definition) is 1. The van der Waals surface area contributed by atoms with Crippen LogP contribution in [-0.4, -0.2) is 32.4 Å². The molecule has 0 bridgehead atoms. The fraction of sp³-hybridized carbons (Fsp3) is 0.400. The van der Waals surface area contributed by atoms with E-state index in [1.165, 1.54) is 11.1 Å². The van der Waals surface area contributed by atoms with Gasteiger partial charge < -0.3 is 5.11 Å². The van der Waals surface area contributed by atoms with Crippen molar-refractivity contribution in [3.05, 3.63) is 80.1 Å². The summed E-state index contributed by atoms with van der Waals surface area (Å²) in [6.07, 6.45) is -2.57. The summed E-state index contributed by atoms with van der Waals surface area (Å²) >= 11 is 12.6. The van der Waals surface area contributed by atoms with Gasteiger partial charge in [-0.3, -0.25) is 4.90 Å². The molecule has 0 spiro atoms. The molecule has 0 fully saturated rings. The van der Waals surface area contributed by atoms with E-state index in [4.69, 9.17) is 28.3 Å². The Balaban J connectivity index is 1.76. The minimum atomic E-state index is -4.55. The molecule has 182 valence electrons. The van der Waals surface area contributed by atoms with Gasteiger partial charge in [0.25, 0.3) is 0 Å². The van der Waals surface area contributed by atoms with Gasteiger partial charge in [-0.25, -0.2) is 4.68 Å². The fourth-order valence-electron chi connectivity index (χ4n) is 4.69. The third-order valence-corrected chi connectivity index (χ3v) is 7.01. The molecule has 1 N–H and O–H groups in total. The van der Waals surface area contributed by atoms with Crippen LogP contribution in [0.15, 0.2) is 36.4 Å². The summed E-state index contributed by atoms with van der Waals surface area (Å²) in [6, 6.07) is 9.95. The number of benzene rings is 2. The highest BCUT2D eigenvalue weighted by Crippen LogP contribution is 2.39. The molecule has 0 saturated carbocycles. The van der Waals surface area contributed by atoms with E-state index in [1.807, 2.05) is 26.0 Å². The van der Waals surface area contributed by atoms with E-state index < -0.39 is 11.7 Å². The third-order valence-electron chi connectivity index (χ3n) is 6.43. The third kappa shape index (κ3) is 4.71. The highest BCUT2D eigenvalue weighted by Gasteiger charge is 2.33. The zero-order valence-electron chi connectivity index (χ0n) is 19.0. The second kappa shape index (κ2) is 9.90. The Labute approximate surface area is 206 Å². The Morgan fingerprint density at radius 2 is 1.71 bits per heavy atom. The molecule has 1 aromatic heterocycles. The number of aryl methyl sites for hydroxylation is 1. The van der Waals surface area contributed by atoms with Crippen LogP contribution in [0.2, 0.25) is 10.0 Å². The summed E-state index contributed by atoms with van der Waals surface area (Å²) < 4.78 is 41.3. The Kier molecular flexibility index (Phi) is 7.29. The van der Waals surface area contributed by atoms with Crippen LogP contribution in [0.3, 0.4) is 0 Å². The van der Waals surface area contributed by atoms with Crippen molar-refractivity contribution < 1.29 is 18.3 Å². The Morgan fingerprint density at radius 1 is 1.06 bits per heavy atom. The van der Waals surface area contributed by atoms with Gasteiger partial charge in [0, 0.05) is 30.4 Å². The van der Waals surface area contributed by atoms with Crippen LogP contribution in [0.4, 0.5) is 13.2 Å². The van der Waals surface area contributed by atoms with Gasteiger partial charge in [-0.15, -0.1) is 0 Å². The van der Waals surface area contributed by atoms with Crippen molar-refractivity contribution in [2.45, 2.75) is 58.4 Å². The molecular formula is C25H26Cl2F3N3O. The van der Waals surface area contributed by atoms with Crippen LogP contribution < -0.4 is 0 Å².